The molecular weight excluding hydrogens is 314 g/mol. The van der Waals surface area contributed by atoms with Gasteiger partial charge in [-0.2, -0.15) is 0 Å². The quantitative estimate of drug-likeness (QED) is 0.793. The standard InChI is InChI=1S/C19H23N5O/c1-14-12-23(13-15(2)25-14)18-6-4-3-5-17(18)21-9-16-10-22-19-11-20-7-8-24(16)19/h3-8,10-11,14-15,21H,9,12-13H2,1-2H3/t14-,15+. The van der Waals surface area contributed by atoms with Gasteiger partial charge in [0, 0.05) is 25.5 Å². The summed E-state index contributed by atoms with van der Waals surface area (Å²) in [4.78, 5) is 10.9. The third-order valence-corrected chi connectivity index (χ3v) is 4.52. The zero-order chi connectivity index (χ0) is 17.2. The molecular formula is C19H23N5O. The van der Waals surface area contributed by atoms with Crippen molar-refractivity contribution >= 4 is 17.0 Å². The van der Waals surface area contributed by atoms with Crippen molar-refractivity contribution in [2.45, 2.75) is 32.6 Å². The maximum atomic E-state index is 5.87. The minimum absolute atomic E-state index is 0.239. The van der Waals surface area contributed by atoms with Gasteiger partial charge in [-0.15, -0.1) is 0 Å². The van der Waals surface area contributed by atoms with Crippen LogP contribution in [0.3, 0.4) is 0 Å². The number of fused-ring (bicyclic) bond motifs is 1. The summed E-state index contributed by atoms with van der Waals surface area (Å²) < 4.78 is 7.92. The predicted molar refractivity (Wildman–Crippen MR) is 99.0 cm³/mol. The topological polar surface area (TPSA) is 54.7 Å². The van der Waals surface area contributed by atoms with Gasteiger partial charge in [-0.25, -0.2) is 4.98 Å². The number of hydrogen-bond donors (Lipinski definition) is 1. The molecule has 0 unspecified atom stereocenters. The fraction of sp³-hybridized carbons (Fsp3) is 0.368. The van der Waals surface area contributed by atoms with Crippen molar-refractivity contribution in [3.8, 4) is 0 Å². The van der Waals surface area contributed by atoms with Crippen LogP contribution in [0.1, 0.15) is 19.5 Å². The van der Waals surface area contributed by atoms with E-state index in [0.717, 1.165) is 30.1 Å². The monoisotopic (exact) mass is 337 g/mol. The second kappa shape index (κ2) is 6.72. The number of hydrogen-bond acceptors (Lipinski definition) is 5. The third kappa shape index (κ3) is 3.30. The number of aromatic nitrogens is 3. The summed E-state index contributed by atoms with van der Waals surface area (Å²) in [6.07, 6.45) is 7.87. The fourth-order valence-corrected chi connectivity index (χ4v) is 3.48. The summed E-state index contributed by atoms with van der Waals surface area (Å²) in [7, 11) is 0. The lowest BCUT2D eigenvalue weighted by Gasteiger charge is -2.37. The highest BCUT2D eigenvalue weighted by molar-refractivity contribution is 5.70. The number of ether oxygens (including phenoxy) is 1. The van der Waals surface area contributed by atoms with Crippen LogP contribution in [0.15, 0.2) is 49.1 Å². The van der Waals surface area contributed by atoms with E-state index >= 15 is 0 Å². The van der Waals surface area contributed by atoms with Gasteiger partial charge >= 0.3 is 0 Å². The van der Waals surface area contributed by atoms with Gasteiger partial charge in [-0.1, -0.05) is 12.1 Å². The fourth-order valence-electron chi connectivity index (χ4n) is 3.48. The van der Waals surface area contributed by atoms with Gasteiger partial charge in [0.05, 0.1) is 48.2 Å². The first-order valence-electron chi connectivity index (χ1n) is 8.70. The van der Waals surface area contributed by atoms with E-state index in [2.05, 4.69) is 62.7 Å². The highest BCUT2D eigenvalue weighted by Crippen LogP contribution is 2.28. The first kappa shape index (κ1) is 15.9. The molecule has 2 atom stereocenters. The molecule has 3 aromatic rings. The van der Waals surface area contributed by atoms with Gasteiger partial charge in [-0.3, -0.25) is 9.38 Å². The molecule has 2 aromatic heterocycles. The van der Waals surface area contributed by atoms with Crippen LogP contribution in [-0.2, 0) is 11.3 Å². The van der Waals surface area contributed by atoms with Crippen LogP contribution in [-0.4, -0.2) is 39.7 Å². The van der Waals surface area contributed by atoms with Gasteiger partial charge in [0.25, 0.3) is 0 Å². The van der Waals surface area contributed by atoms with E-state index in [-0.39, 0.29) is 12.2 Å². The van der Waals surface area contributed by atoms with Gasteiger partial charge < -0.3 is 15.0 Å². The largest absolute Gasteiger partial charge is 0.378 e. The van der Waals surface area contributed by atoms with Crippen molar-refractivity contribution in [2.75, 3.05) is 23.3 Å². The molecule has 0 amide bonds. The minimum atomic E-state index is 0.239. The van der Waals surface area contributed by atoms with Crippen LogP contribution in [0.2, 0.25) is 0 Å². The Labute approximate surface area is 147 Å². The Morgan fingerprint density at radius 2 is 1.96 bits per heavy atom. The number of imidazole rings is 1. The van der Waals surface area contributed by atoms with Gasteiger partial charge in [0.2, 0.25) is 0 Å². The second-order valence-corrected chi connectivity index (χ2v) is 6.59. The molecule has 25 heavy (non-hydrogen) atoms. The highest BCUT2D eigenvalue weighted by atomic mass is 16.5. The molecule has 4 rings (SSSR count). The molecule has 1 N–H and O–H groups in total. The van der Waals surface area contributed by atoms with Crippen LogP contribution in [0, 0.1) is 0 Å². The first-order chi connectivity index (χ1) is 12.2. The van der Waals surface area contributed by atoms with E-state index < -0.39 is 0 Å². The number of anilines is 2. The van der Waals surface area contributed by atoms with Crippen molar-refractivity contribution in [1.29, 1.82) is 0 Å². The third-order valence-electron chi connectivity index (χ3n) is 4.52. The zero-order valence-electron chi connectivity index (χ0n) is 14.6. The Kier molecular flexibility index (Phi) is 4.28. The average molecular weight is 337 g/mol. The van der Waals surface area contributed by atoms with Crippen molar-refractivity contribution in [3.63, 3.8) is 0 Å². The van der Waals surface area contributed by atoms with Crippen LogP contribution < -0.4 is 10.2 Å². The Hall–Kier alpha value is -2.60. The average Bonchev–Trinajstić information content (AvgIpc) is 3.02. The van der Waals surface area contributed by atoms with E-state index in [1.54, 1.807) is 12.4 Å². The Balaban J connectivity index is 1.55. The smallest absolute Gasteiger partial charge is 0.155 e. The van der Waals surface area contributed by atoms with Gasteiger partial charge in [0.15, 0.2) is 5.65 Å². The highest BCUT2D eigenvalue weighted by Gasteiger charge is 2.23. The lowest BCUT2D eigenvalue weighted by Crippen LogP contribution is -2.45. The molecule has 6 nitrogen and oxygen atoms in total. The number of nitrogens with zero attached hydrogens (tertiary/aromatic N) is 4. The molecule has 1 aliphatic heterocycles. The molecule has 0 aliphatic carbocycles. The Bertz CT molecular complexity index is 852. The van der Waals surface area contributed by atoms with Crippen LogP contribution in [0.4, 0.5) is 11.4 Å². The number of para-hydroxylation sites is 2. The Morgan fingerprint density at radius 3 is 2.80 bits per heavy atom. The SMILES string of the molecule is C[C@@H]1CN(c2ccccc2NCc2cnc3cnccn23)C[C@H](C)O1. The van der Waals surface area contributed by atoms with Crippen molar-refractivity contribution < 1.29 is 4.74 Å². The lowest BCUT2D eigenvalue weighted by molar-refractivity contribution is -0.00517. The molecule has 1 aromatic carbocycles. The number of morpholine rings is 1. The molecule has 1 aliphatic rings. The van der Waals surface area contributed by atoms with Crippen molar-refractivity contribution in [3.05, 3.63) is 54.7 Å². The summed E-state index contributed by atoms with van der Waals surface area (Å²) in [6.45, 7) is 6.78. The van der Waals surface area contributed by atoms with Crippen LogP contribution >= 0.6 is 0 Å². The minimum Gasteiger partial charge on any atom is -0.378 e. The van der Waals surface area contributed by atoms with Crippen LogP contribution in [0.5, 0.6) is 0 Å². The van der Waals surface area contributed by atoms with E-state index in [1.165, 1.54) is 5.69 Å². The molecule has 6 heteroatoms. The number of nitrogens with one attached hydrogen (secondary N) is 1. The van der Waals surface area contributed by atoms with Crippen molar-refractivity contribution in [2.24, 2.45) is 0 Å². The predicted octanol–water partition coefficient (Wildman–Crippen LogP) is 2.96. The molecule has 3 heterocycles. The summed E-state index contributed by atoms with van der Waals surface area (Å²) in [6, 6.07) is 8.46. The zero-order valence-corrected chi connectivity index (χ0v) is 14.6. The normalized spacial score (nSPS) is 20.8. The summed E-state index contributed by atoms with van der Waals surface area (Å²) in [5.41, 5.74) is 4.33. The van der Waals surface area contributed by atoms with Crippen molar-refractivity contribution in [1.82, 2.24) is 14.4 Å². The molecule has 0 spiro atoms. The second-order valence-electron chi connectivity index (χ2n) is 6.59. The first-order valence-corrected chi connectivity index (χ1v) is 8.70. The number of benzene rings is 1. The molecule has 1 saturated heterocycles. The molecule has 130 valence electrons. The Morgan fingerprint density at radius 1 is 1.16 bits per heavy atom. The molecule has 0 bridgehead atoms. The summed E-state index contributed by atoms with van der Waals surface area (Å²) in [5.74, 6) is 0. The summed E-state index contributed by atoms with van der Waals surface area (Å²) >= 11 is 0. The maximum Gasteiger partial charge on any atom is 0.155 e. The van der Waals surface area contributed by atoms with Crippen LogP contribution in [0.25, 0.3) is 5.65 Å². The molecule has 0 saturated carbocycles. The van der Waals surface area contributed by atoms with Gasteiger partial charge in [-0.05, 0) is 26.0 Å². The summed E-state index contributed by atoms with van der Waals surface area (Å²) in [5, 5.41) is 3.57. The van der Waals surface area contributed by atoms with Gasteiger partial charge in [0.1, 0.15) is 0 Å². The van der Waals surface area contributed by atoms with E-state index in [4.69, 9.17) is 4.74 Å². The van der Waals surface area contributed by atoms with E-state index in [0.29, 0.717) is 6.54 Å². The van der Waals surface area contributed by atoms with E-state index in [1.807, 2.05) is 12.4 Å². The van der Waals surface area contributed by atoms with E-state index in [9.17, 15) is 0 Å². The lowest BCUT2D eigenvalue weighted by atomic mass is 10.1. The molecule has 0 radical (unpaired) electrons. The maximum absolute atomic E-state index is 5.87. The molecule has 1 fully saturated rings. The number of rotatable bonds is 4.